The molecule has 2 N–H and O–H groups in total. The highest BCUT2D eigenvalue weighted by molar-refractivity contribution is 5.93. The number of benzene rings is 2. The number of nitrogens with one attached hydrogen (secondary N) is 2. The minimum absolute atomic E-state index is 0.0159. The molecular weight excluding hydrogens is 340 g/mol. The fourth-order valence-corrected chi connectivity index (χ4v) is 2.68. The van der Waals surface area contributed by atoms with Gasteiger partial charge in [0, 0.05) is 31.8 Å². The molecule has 1 aromatic heterocycles. The van der Waals surface area contributed by atoms with E-state index < -0.39 is 0 Å². The van der Waals surface area contributed by atoms with Gasteiger partial charge in [-0.25, -0.2) is 4.68 Å². The van der Waals surface area contributed by atoms with Gasteiger partial charge in [0.1, 0.15) is 0 Å². The third-order valence-corrected chi connectivity index (χ3v) is 4.23. The van der Waals surface area contributed by atoms with Gasteiger partial charge in [0.2, 0.25) is 5.91 Å². The molecule has 1 heterocycles. The van der Waals surface area contributed by atoms with Gasteiger partial charge < -0.3 is 10.6 Å². The van der Waals surface area contributed by atoms with E-state index in [-0.39, 0.29) is 11.8 Å². The molecule has 0 atom stereocenters. The van der Waals surface area contributed by atoms with Crippen molar-refractivity contribution in [3.63, 3.8) is 0 Å². The third kappa shape index (κ3) is 5.04. The SMILES string of the molecule is CNC(=O)c1ccc(CNC(=O)CCc2cnn(-c3ccccc3)c2)cc1. The average molecular weight is 362 g/mol. The predicted molar refractivity (Wildman–Crippen MR) is 104 cm³/mol. The van der Waals surface area contributed by atoms with Gasteiger partial charge in [-0.15, -0.1) is 0 Å². The lowest BCUT2D eigenvalue weighted by Crippen LogP contribution is -2.23. The Morgan fingerprint density at radius 1 is 1.00 bits per heavy atom. The first-order valence-corrected chi connectivity index (χ1v) is 8.82. The van der Waals surface area contributed by atoms with Crippen LogP contribution in [0.25, 0.3) is 5.69 Å². The molecule has 3 rings (SSSR count). The molecule has 138 valence electrons. The zero-order chi connectivity index (χ0) is 19.1. The number of amides is 2. The Labute approximate surface area is 158 Å². The number of aromatic nitrogens is 2. The zero-order valence-electron chi connectivity index (χ0n) is 15.2. The van der Waals surface area contributed by atoms with Crippen LogP contribution in [0.4, 0.5) is 0 Å². The monoisotopic (exact) mass is 362 g/mol. The molecule has 6 heteroatoms. The highest BCUT2D eigenvalue weighted by Gasteiger charge is 2.06. The van der Waals surface area contributed by atoms with Crippen LogP contribution >= 0.6 is 0 Å². The Morgan fingerprint density at radius 2 is 1.74 bits per heavy atom. The molecule has 3 aromatic rings. The third-order valence-electron chi connectivity index (χ3n) is 4.23. The Balaban J connectivity index is 1.46. The molecule has 27 heavy (non-hydrogen) atoms. The lowest BCUT2D eigenvalue weighted by atomic mass is 10.1. The average Bonchev–Trinajstić information content (AvgIpc) is 3.20. The van der Waals surface area contributed by atoms with E-state index in [4.69, 9.17) is 0 Å². The van der Waals surface area contributed by atoms with Crippen LogP contribution < -0.4 is 10.6 Å². The first-order chi connectivity index (χ1) is 13.2. The van der Waals surface area contributed by atoms with E-state index in [1.165, 1.54) is 0 Å². The minimum atomic E-state index is -0.123. The van der Waals surface area contributed by atoms with Crippen molar-refractivity contribution < 1.29 is 9.59 Å². The van der Waals surface area contributed by atoms with Crippen LogP contribution in [-0.2, 0) is 17.8 Å². The maximum absolute atomic E-state index is 12.1. The number of rotatable bonds is 7. The number of carbonyl (C=O) groups is 2. The second kappa shape index (κ2) is 8.80. The van der Waals surface area contributed by atoms with Crippen molar-refractivity contribution in [1.29, 1.82) is 0 Å². The molecule has 0 saturated carbocycles. The standard InChI is InChI=1S/C21H22N4O2/c1-22-21(27)18-10-7-16(8-11-18)13-23-20(26)12-9-17-14-24-25(15-17)19-5-3-2-4-6-19/h2-8,10-11,14-15H,9,12-13H2,1H3,(H,22,27)(H,23,26). The van der Waals surface area contributed by atoms with Crippen molar-refractivity contribution in [3.8, 4) is 5.69 Å². The summed E-state index contributed by atoms with van der Waals surface area (Å²) in [6.45, 7) is 0.441. The second-order valence-corrected chi connectivity index (χ2v) is 6.18. The van der Waals surface area contributed by atoms with Crippen molar-refractivity contribution >= 4 is 11.8 Å². The van der Waals surface area contributed by atoms with Gasteiger partial charge in [-0.2, -0.15) is 5.10 Å². The Morgan fingerprint density at radius 3 is 2.44 bits per heavy atom. The largest absolute Gasteiger partial charge is 0.355 e. The molecule has 0 fully saturated rings. The Hall–Kier alpha value is -3.41. The van der Waals surface area contributed by atoms with Crippen LogP contribution in [0.15, 0.2) is 67.0 Å². The summed E-state index contributed by atoms with van der Waals surface area (Å²) < 4.78 is 1.81. The number of para-hydroxylation sites is 1. The van der Waals surface area contributed by atoms with Gasteiger partial charge in [-0.3, -0.25) is 9.59 Å². The highest BCUT2D eigenvalue weighted by atomic mass is 16.2. The Bertz CT molecular complexity index is 901. The van der Waals surface area contributed by atoms with E-state index in [9.17, 15) is 9.59 Å². The van der Waals surface area contributed by atoms with E-state index in [2.05, 4.69) is 15.7 Å². The van der Waals surface area contributed by atoms with E-state index in [0.29, 0.717) is 24.9 Å². The summed E-state index contributed by atoms with van der Waals surface area (Å²) in [7, 11) is 1.60. The lowest BCUT2D eigenvalue weighted by Gasteiger charge is -2.06. The minimum Gasteiger partial charge on any atom is -0.355 e. The molecular formula is C21H22N4O2. The van der Waals surface area contributed by atoms with Crippen LogP contribution in [0, 0.1) is 0 Å². The van der Waals surface area contributed by atoms with Crippen LogP contribution in [0.5, 0.6) is 0 Å². The molecule has 6 nitrogen and oxygen atoms in total. The van der Waals surface area contributed by atoms with Crippen LogP contribution in [0.2, 0.25) is 0 Å². The van der Waals surface area contributed by atoms with Crippen LogP contribution in [0.1, 0.15) is 27.9 Å². The number of hydrogen-bond donors (Lipinski definition) is 2. The number of carbonyl (C=O) groups excluding carboxylic acids is 2. The van der Waals surface area contributed by atoms with Crippen molar-refractivity contribution in [3.05, 3.63) is 83.7 Å². The first kappa shape index (κ1) is 18.4. The summed E-state index contributed by atoms with van der Waals surface area (Å²) in [5.41, 5.74) is 3.56. The number of aryl methyl sites for hydroxylation is 1. The molecule has 0 radical (unpaired) electrons. The topological polar surface area (TPSA) is 76.0 Å². The smallest absolute Gasteiger partial charge is 0.251 e. The van der Waals surface area contributed by atoms with Gasteiger partial charge >= 0.3 is 0 Å². The van der Waals surface area contributed by atoms with E-state index in [1.807, 2.05) is 48.7 Å². The normalized spacial score (nSPS) is 10.4. The zero-order valence-corrected chi connectivity index (χ0v) is 15.2. The van der Waals surface area contributed by atoms with E-state index in [0.717, 1.165) is 16.8 Å². The molecule has 0 saturated heterocycles. The summed E-state index contributed by atoms with van der Waals surface area (Å²) in [5.74, 6) is -0.139. The van der Waals surface area contributed by atoms with Crippen molar-refractivity contribution in [2.24, 2.45) is 0 Å². The molecule has 0 spiro atoms. The van der Waals surface area contributed by atoms with Gasteiger partial charge in [0.25, 0.3) is 5.91 Å². The molecule has 0 aliphatic rings. The van der Waals surface area contributed by atoms with Crippen LogP contribution in [0.3, 0.4) is 0 Å². The van der Waals surface area contributed by atoms with Crippen LogP contribution in [-0.4, -0.2) is 28.6 Å². The molecule has 2 aromatic carbocycles. The quantitative estimate of drug-likeness (QED) is 0.678. The first-order valence-electron chi connectivity index (χ1n) is 8.82. The predicted octanol–water partition coefficient (Wildman–Crippen LogP) is 2.48. The summed E-state index contributed by atoms with van der Waals surface area (Å²) in [6.07, 6.45) is 4.77. The van der Waals surface area contributed by atoms with Gasteiger partial charge in [-0.05, 0) is 41.8 Å². The maximum Gasteiger partial charge on any atom is 0.251 e. The van der Waals surface area contributed by atoms with E-state index >= 15 is 0 Å². The lowest BCUT2D eigenvalue weighted by molar-refractivity contribution is -0.121. The number of hydrogen-bond acceptors (Lipinski definition) is 3. The summed E-state index contributed by atoms with van der Waals surface area (Å²) in [5, 5.41) is 9.82. The second-order valence-electron chi connectivity index (χ2n) is 6.18. The summed E-state index contributed by atoms with van der Waals surface area (Å²) in [6, 6.07) is 17.0. The maximum atomic E-state index is 12.1. The fraction of sp³-hybridized carbons (Fsp3) is 0.190. The number of nitrogens with zero attached hydrogens (tertiary/aromatic N) is 2. The van der Waals surface area contributed by atoms with Crippen molar-refractivity contribution in [2.75, 3.05) is 7.05 Å². The molecule has 0 bridgehead atoms. The fourth-order valence-electron chi connectivity index (χ4n) is 2.68. The summed E-state index contributed by atoms with van der Waals surface area (Å²) >= 11 is 0. The highest BCUT2D eigenvalue weighted by Crippen LogP contribution is 2.09. The van der Waals surface area contributed by atoms with E-state index in [1.54, 1.807) is 30.1 Å². The molecule has 0 unspecified atom stereocenters. The molecule has 2 amide bonds. The molecule has 0 aliphatic heterocycles. The van der Waals surface area contributed by atoms with Gasteiger partial charge in [0.05, 0.1) is 11.9 Å². The molecule has 0 aliphatic carbocycles. The Kier molecular flexibility index (Phi) is 5.99. The summed E-state index contributed by atoms with van der Waals surface area (Å²) in [4.78, 5) is 23.6. The van der Waals surface area contributed by atoms with Crippen molar-refractivity contribution in [2.45, 2.75) is 19.4 Å². The van der Waals surface area contributed by atoms with Gasteiger partial charge in [-0.1, -0.05) is 30.3 Å². The van der Waals surface area contributed by atoms with Gasteiger partial charge in [0.15, 0.2) is 0 Å². The van der Waals surface area contributed by atoms with Crippen molar-refractivity contribution in [1.82, 2.24) is 20.4 Å².